The molecule has 0 aliphatic carbocycles. The molecule has 1 unspecified atom stereocenters. The summed E-state index contributed by atoms with van der Waals surface area (Å²) in [5.74, 6) is 1.06. The zero-order valence-electron chi connectivity index (χ0n) is 12.1. The van der Waals surface area contributed by atoms with Gasteiger partial charge in [-0.3, -0.25) is 10.1 Å². The van der Waals surface area contributed by atoms with Gasteiger partial charge in [-0.2, -0.15) is 0 Å². The van der Waals surface area contributed by atoms with Crippen molar-refractivity contribution in [3.63, 3.8) is 0 Å². The fraction of sp³-hybridized carbons (Fsp3) is 0.643. The Morgan fingerprint density at radius 1 is 1.37 bits per heavy atom. The molecule has 0 radical (unpaired) electrons. The van der Waals surface area contributed by atoms with E-state index in [-0.39, 0.29) is 16.7 Å². The first-order valence-electron chi connectivity index (χ1n) is 6.77. The Balaban J connectivity index is 2.63. The average Bonchev–Trinajstić information content (AvgIpc) is 2.30. The van der Waals surface area contributed by atoms with E-state index in [1.807, 2.05) is 6.92 Å². The number of hydrogen-bond acceptors (Lipinski definition) is 4. The van der Waals surface area contributed by atoms with Crippen molar-refractivity contribution in [2.45, 2.75) is 53.0 Å². The third kappa shape index (κ3) is 5.24. The molecular weight excluding hydrogens is 242 g/mol. The maximum atomic E-state index is 11.0. The molecule has 1 heterocycles. The number of aromatic nitrogens is 1. The number of nitrogens with one attached hydrogen (secondary N) is 1. The number of pyridine rings is 1. The van der Waals surface area contributed by atoms with E-state index in [4.69, 9.17) is 0 Å². The summed E-state index contributed by atoms with van der Waals surface area (Å²) in [6, 6.07) is 1.74. The number of nitro groups is 1. The summed E-state index contributed by atoms with van der Waals surface area (Å²) in [5, 5.41) is 14.1. The normalized spacial score (nSPS) is 12.5. The summed E-state index contributed by atoms with van der Waals surface area (Å²) >= 11 is 0. The van der Waals surface area contributed by atoms with Crippen molar-refractivity contribution in [3.05, 3.63) is 27.9 Å². The maximum Gasteiger partial charge on any atom is 0.311 e. The smallest absolute Gasteiger partial charge is 0.311 e. The van der Waals surface area contributed by atoms with Gasteiger partial charge in [0.2, 0.25) is 5.82 Å². The quantitative estimate of drug-likeness (QED) is 0.599. The molecule has 106 valence electrons. The van der Waals surface area contributed by atoms with Crippen molar-refractivity contribution in [1.82, 2.24) is 4.98 Å². The van der Waals surface area contributed by atoms with Crippen molar-refractivity contribution in [1.29, 1.82) is 0 Å². The minimum atomic E-state index is -0.386. The molecule has 5 nitrogen and oxygen atoms in total. The lowest BCUT2D eigenvalue weighted by Gasteiger charge is -2.15. The van der Waals surface area contributed by atoms with Crippen molar-refractivity contribution in [2.24, 2.45) is 5.92 Å². The summed E-state index contributed by atoms with van der Waals surface area (Å²) in [4.78, 5) is 14.7. The number of aryl methyl sites for hydroxylation is 1. The third-order valence-corrected chi connectivity index (χ3v) is 3.00. The Bertz CT molecular complexity index is 433. The van der Waals surface area contributed by atoms with Crippen molar-refractivity contribution in [3.8, 4) is 0 Å². The van der Waals surface area contributed by atoms with E-state index in [0.29, 0.717) is 11.7 Å². The highest BCUT2D eigenvalue weighted by molar-refractivity contribution is 5.56. The molecule has 0 bridgehead atoms. The van der Waals surface area contributed by atoms with Crippen LogP contribution in [0.5, 0.6) is 0 Å². The van der Waals surface area contributed by atoms with E-state index in [9.17, 15) is 10.1 Å². The topological polar surface area (TPSA) is 68.1 Å². The van der Waals surface area contributed by atoms with Crippen LogP contribution in [-0.4, -0.2) is 15.9 Å². The maximum absolute atomic E-state index is 11.0. The zero-order chi connectivity index (χ0) is 14.4. The number of anilines is 1. The highest BCUT2D eigenvalue weighted by Gasteiger charge is 2.17. The fourth-order valence-electron chi connectivity index (χ4n) is 1.94. The molecule has 1 rings (SSSR count). The van der Waals surface area contributed by atoms with Gasteiger partial charge < -0.3 is 5.32 Å². The van der Waals surface area contributed by atoms with E-state index in [1.54, 1.807) is 19.2 Å². The molecule has 1 aromatic heterocycles. The first-order valence-corrected chi connectivity index (χ1v) is 6.77. The molecule has 0 saturated carbocycles. The summed E-state index contributed by atoms with van der Waals surface area (Å²) in [5.41, 5.74) is 0.848. The molecule has 5 heteroatoms. The Morgan fingerprint density at radius 3 is 2.63 bits per heavy atom. The minimum Gasteiger partial charge on any atom is -0.362 e. The van der Waals surface area contributed by atoms with Gasteiger partial charge in [-0.05, 0) is 31.7 Å². The van der Waals surface area contributed by atoms with Crippen LogP contribution in [0, 0.1) is 23.0 Å². The van der Waals surface area contributed by atoms with E-state index >= 15 is 0 Å². The van der Waals surface area contributed by atoms with Crippen molar-refractivity contribution in [2.75, 3.05) is 5.32 Å². The predicted octanol–water partition coefficient (Wildman–Crippen LogP) is 3.92. The standard InChI is InChI=1S/C14H23N3O2/c1-10(2)6-5-7-12(4)16-14-13(17(18)19)8-11(3)9-15-14/h8-10,12H,5-7H2,1-4H3,(H,15,16). The summed E-state index contributed by atoms with van der Waals surface area (Å²) in [6.45, 7) is 8.23. The molecule has 1 N–H and O–H groups in total. The van der Waals surface area contributed by atoms with Crippen LogP contribution in [0.4, 0.5) is 11.5 Å². The van der Waals surface area contributed by atoms with Crippen molar-refractivity contribution >= 4 is 11.5 Å². The van der Waals surface area contributed by atoms with Gasteiger partial charge in [-0.25, -0.2) is 4.98 Å². The van der Waals surface area contributed by atoms with E-state index in [2.05, 4.69) is 24.1 Å². The highest BCUT2D eigenvalue weighted by atomic mass is 16.6. The lowest BCUT2D eigenvalue weighted by atomic mass is 10.0. The second kappa shape index (κ2) is 7.07. The molecular formula is C14H23N3O2. The molecule has 0 amide bonds. The first kappa shape index (κ1) is 15.4. The Hall–Kier alpha value is -1.65. The lowest BCUT2D eigenvalue weighted by Crippen LogP contribution is -2.17. The van der Waals surface area contributed by atoms with Gasteiger partial charge in [-0.15, -0.1) is 0 Å². The monoisotopic (exact) mass is 265 g/mol. The van der Waals surface area contributed by atoms with Crippen LogP contribution < -0.4 is 5.32 Å². The van der Waals surface area contributed by atoms with E-state index < -0.39 is 0 Å². The largest absolute Gasteiger partial charge is 0.362 e. The number of rotatable bonds is 7. The predicted molar refractivity (Wildman–Crippen MR) is 77.4 cm³/mol. The SMILES string of the molecule is Cc1cnc(NC(C)CCCC(C)C)c([N+](=O)[O-])c1. The molecule has 0 aliphatic heterocycles. The second-order valence-corrected chi connectivity index (χ2v) is 5.51. The van der Waals surface area contributed by atoms with Crippen LogP contribution in [0.1, 0.15) is 45.6 Å². The van der Waals surface area contributed by atoms with Crippen molar-refractivity contribution < 1.29 is 4.92 Å². The van der Waals surface area contributed by atoms with Gasteiger partial charge >= 0.3 is 5.69 Å². The van der Waals surface area contributed by atoms with Crippen LogP contribution in [0.3, 0.4) is 0 Å². The number of nitrogens with zero attached hydrogens (tertiary/aromatic N) is 2. The lowest BCUT2D eigenvalue weighted by molar-refractivity contribution is -0.384. The second-order valence-electron chi connectivity index (χ2n) is 5.51. The molecule has 0 fully saturated rings. The van der Waals surface area contributed by atoms with Crippen LogP contribution in [0.25, 0.3) is 0 Å². The number of hydrogen-bond donors (Lipinski definition) is 1. The third-order valence-electron chi connectivity index (χ3n) is 3.00. The minimum absolute atomic E-state index is 0.0516. The van der Waals surface area contributed by atoms with Gasteiger partial charge in [0, 0.05) is 18.3 Å². The molecule has 0 aromatic carbocycles. The van der Waals surface area contributed by atoms with Crippen LogP contribution in [0.15, 0.2) is 12.3 Å². The molecule has 0 aliphatic rings. The summed E-state index contributed by atoms with van der Waals surface area (Å²) in [6.07, 6.45) is 4.93. The highest BCUT2D eigenvalue weighted by Crippen LogP contribution is 2.23. The summed E-state index contributed by atoms with van der Waals surface area (Å²) < 4.78 is 0. The van der Waals surface area contributed by atoms with E-state index in [0.717, 1.165) is 18.4 Å². The fourth-order valence-corrected chi connectivity index (χ4v) is 1.94. The van der Waals surface area contributed by atoms with E-state index in [1.165, 1.54) is 6.42 Å². The Kier molecular flexibility index (Phi) is 5.73. The first-order chi connectivity index (χ1) is 8.90. The average molecular weight is 265 g/mol. The van der Waals surface area contributed by atoms with Crippen LogP contribution in [-0.2, 0) is 0 Å². The van der Waals surface area contributed by atoms with Gasteiger partial charge in [0.25, 0.3) is 0 Å². The molecule has 19 heavy (non-hydrogen) atoms. The molecule has 1 atom stereocenters. The van der Waals surface area contributed by atoms with Crippen LogP contribution >= 0.6 is 0 Å². The van der Waals surface area contributed by atoms with Gasteiger partial charge in [-0.1, -0.05) is 26.7 Å². The molecule has 0 saturated heterocycles. The summed E-state index contributed by atoms with van der Waals surface area (Å²) in [7, 11) is 0. The van der Waals surface area contributed by atoms with Gasteiger partial charge in [0.1, 0.15) is 0 Å². The molecule has 0 spiro atoms. The Labute approximate surface area is 114 Å². The zero-order valence-corrected chi connectivity index (χ0v) is 12.1. The van der Waals surface area contributed by atoms with Gasteiger partial charge in [0.15, 0.2) is 0 Å². The molecule has 1 aromatic rings. The van der Waals surface area contributed by atoms with Crippen LogP contribution in [0.2, 0.25) is 0 Å². The van der Waals surface area contributed by atoms with Gasteiger partial charge in [0.05, 0.1) is 4.92 Å². The Morgan fingerprint density at radius 2 is 2.05 bits per heavy atom.